The number of halogens is 1. The van der Waals surface area contributed by atoms with E-state index in [1.165, 1.54) is 6.07 Å². The molecule has 5 heteroatoms. The molecule has 1 aliphatic heterocycles. The van der Waals surface area contributed by atoms with E-state index in [4.69, 9.17) is 4.74 Å². The minimum absolute atomic E-state index is 0.297. The summed E-state index contributed by atoms with van der Waals surface area (Å²) in [7, 11) is 0. The van der Waals surface area contributed by atoms with E-state index >= 15 is 0 Å². The second-order valence-electron chi connectivity index (χ2n) is 4.86. The maximum atomic E-state index is 13.5. The summed E-state index contributed by atoms with van der Waals surface area (Å²) >= 11 is 0. The molecule has 0 saturated heterocycles. The van der Waals surface area contributed by atoms with Gasteiger partial charge in [0.2, 0.25) is 0 Å². The van der Waals surface area contributed by atoms with E-state index in [0.29, 0.717) is 35.8 Å². The SMILES string of the molecule is Cc1ccc(NC(=O)N2CCOc3ccccc32)cc1F. The van der Waals surface area contributed by atoms with E-state index in [-0.39, 0.29) is 11.8 Å². The number of nitrogens with zero attached hydrogens (tertiary/aromatic N) is 1. The fourth-order valence-electron chi connectivity index (χ4n) is 2.24. The molecule has 1 heterocycles. The number of fused-ring (bicyclic) bond motifs is 1. The normalized spacial score (nSPS) is 13.3. The molecule has 3 rings (SSSR count). The first-order chi connectivity index (χ1) is 10.1. The smallest absolute Gasteiger partial charge is 0.326 e. The largest absolute Gasteiger partial charge is 0.490 e. The summed E-state index contributed by atoms with van der Waals surface area (Å²) in [5.41, 5.74) is 1.70. The maximum Gasteiger partial charge on any atom is 0.326 e. The number of para-hydroxylation sites is 2. The van der Waals surface area contributed by atoms with E-state index in [2.05, 4.69) is 5.32 Å². The molecule has 108 valence electrons. The number of urea groups is 1. The lowest BCUT2D eigenvalue weighted by Crippen LogP contribution is -2.40. The number of benzene rings is 2. The first kappa shape index (κ1) is 13.4. The zero-order chi connectivity index (χ0) is 14.8. The van der Waals surface area contributed by atoms with Crippen LogP contribution in [0.2, 0.25) is 0 Å². The summed E-state index contributed by atoms with van der Waals surface area (Å²) in [5, 5.41) is 2.71. The molecule has 0 bridgehead atoms. The molecule has 0 saturated carbocycles. The third kappa shape index (κ3) is 2.67. The molecular formula is C16H15FN2O2. The van der Waals surface area contributed by atoms with Crippen molar-refractivity contribution in [2.45, 2.75) is 6.92 Å². The van der Waals surface area contributed by atoms with Crippen molar-refractivity contribution in [3.05, 3.63) is 53.8 Å². The van der Waals surface area contributed by atoms with Crippen molar-refractivity contribution in [1.29, 1.82) is 0 Å². The van der Waals surface area contributed by atoms with E-state index in [1.54, 1.807) is 24.0 Å². The van der Waals surface area contributed by atoms with Crippen LogP contribution in [-0.4, -0.2) is 19.2 Å². The predicted octanol–water partition coefficient (Wildman–Crippen LogP) is 3.57. The van der Waals surface area contributed by atoms with Crippen molar-refractivity contribution in [2.75, 3.05) is 23.4 Å². The third-order valence-corrected chi connectivity index (χ3v) is 3.40. The number of aryl methyl sites for hydroxylation is 1. The van der Waals surface area contributed by atoms with Crippen molar-refractivity contribution in [3.8, 4) is 5.75 Å². The molecule has 0 unspecified atom stereocenters. The Kier molecular flexibility index (Phi) is 3.48. The van der Waals surface area contributed by atoms with Crippen molar-refractivity contribution < 1.29 is 13.9 Å². The fourth-order valence-corrected chi connectivity index (χ4v) is 2.24. The van der Waals surface area contributed by atoms with Gasteiger partial charge in [-0.3, -0.25) is 4.90 Å². The summed E-state index contributed by atoms with van der Waals surface area (Å²) in [5.74, 6) is 0.337. The number of nitrogens with one attached hydrogen (secondary N) is 1. The standard InChI is InChI=1S/C16H15FN2O2/c1-11-6-7-12(10-13(11)17)18-16(20)19-8-9-21-15-5-3-2-4-14(15)19/h2-7,10H,8-9H2,1H3,(H,18,20). The lowest BCUT2D eigenvalue weighted by Gasteiger charge is -2.29. The molecule has 2 amide bonds. The van der Waals surface area contributed by atoms with Crippen molar-refractivity contribution in [1.82, 2.24) is 0 Å². The van der Waals surface area contributed by atoms with Gasteiger partial charge in [0, 0.05) is 5.69 Å². The highest BCUT2D eigenvalue weighted by atomic mass is 19.1. The zero-order valence-corrected chi connectivity index (χ0v) is 11.6. The van der Waals surface area contributed by atoms with Gasteiger partial charge >= 0.3 is 6.03 Å². The lowest BCUT2D eigenvalue weighted by molar-refractivity contribution is 0.250. The van der Waals surface area contributed by atoms with Crippen LogP contribution in [0.15, 0.2) is 42.5 Å². The second kappa shape index (κ2) is 5.44. The highest BCUT2D eigenvalue weighted by molar-refractivity contribution is 6.02. The van der Waals surface area contributed by atoms with E-state index < -0.39 is 0 Å². The van der Waals surface area contributed by atoms with Crippen LogP contribution in [0.3, 0.4) is 0 Å². The van der Waals surface area contributed by atoms with Crippen LogP contribution in [0.25, 0.3) is 0 Å². The number of ether oxygens (including phenoxy) is 1. The minimum Gasteiger partial charge on any atom is -0.490 e. The van der Waals surface area contributed by atoms with Gasteiger partial charge in [0.05, 0.1) is 12.2 Å². The summed E-state index contributed by atoms with van der Waals surface area (Å²) in [6.07, 6.45) is 0. The molecule has 0 radical (unpaired) electrons. The average molecular weight is 286 g/mol. The van der Waals surface area contributed by atoms with Crippen molar-refractivity contribution >= 4 is 17.4 Å². The Hall–Kier alpha value is -2.56. The summed E-state index contributed by atoms with van der Waals surface area (Å²) in [6.45, 7) is 2.57. The molecular weight excluding hydrogens is 271 g/mol. The lowest BCUT2D eigenvalue weighted by atomic mass is 10.2. The summed E-state index contributed by atoms with van der Waals surface area (Å²) in [4.78, 5) is 14.0. The number of hydrogen-bond acceptors (Lipinski definition) is 2. The van der Waals surface area contributed by atoms with Crippen LogP contribution in [0.1, 0.15) is 5.56 Å². The van der Waals surface area contributed by atoms with Crippen LogP contribution >= 0.6 is 0 Å². The first-order valence-corrected chi connectivity index (χ1v) is 6.71. The molecule has 0 spiro atoms. The quantitative estimate of drug-likeness (QED) is 0.870. The Labute approximate surface area is 122 Å². The molecule has 1 aliphatic rings. The maximum absolute atomic E-state index is 13.5. The molecule has 0 aromatic heterocycles. The molecule has 2 aromatic rings. The van der Waals surface area contributed by atoms with Crippen LogP contribution < -0.4 is 15.0 Å². The monoisotopic (exact) mass is 286 g/mol. The molecule has 0 fully saturated rings. The molecule has 21 heavy (non-hydrogen) atoms. The Balaban J connectivity index is 1.81. The van der Waals surface area contributed by atoms with Gasteiger partial charge in [0.15, 0.2) is 0 Å². The summed E-state index contributed by atoms with van der Waals surface area (Å²) < 4.78 is 19.0. The highest BCUT2D eigenvalue weighted by Crippen LogP contribution is 2.31. The van der Waals surface area contributed by atoms with E-state index in [1.807, 2.05) is 24.3 Å². The van der Waals surface area contributed by atoms with Crippen LogP contribution in [0.5, 0.6) is 5.75 Å². The Morgan fingerprint density at radius 3 is 2.90 bits per heavy atom. The van der Waals surface area contributed by atoms with Crippen molar-refractivity contribution in [2.24, 2.45) is 0 Å². The number of amides is 2. The predicted molar refractivity (Wildman–Crippen MR) is 79.4 cm³/mol. The van der Waals surface area contributed by atoms with Gasteiger partial charge in [0.1, 0.15) is 18.2 Å². The molecule has 4 nitrogen and oxygen atoms in total. The van der Waals surface area contributed by atoms with Gasteiger partial charge in [0.25, 0.3) is 0 Å². The van der Waals surface area contributed by atoms with Crippen LogP contribution in [0.4, 0.5) is 20.6 Å². The third-order valence-electron chi connectivity index (χ3n) is 3.40. The fraction of sp³-hybridized carbons (Fsp3) is 0.188. The van der Waals surface area contributed by atoms with Crippen molar-refractivity contribution in [3.63, 3.8) is 0 Å². The van der Waals surface area contributed by atoms with Gasteiger partial charge in [-0.2, -0.15) is 0 Å². The van der Waals surface area contributed by atoms with Crippen LogP contribution in [0, 0.1) is 12.7 Å². The average Bonchev–Trinajstić information content (AvgIpc) is 2.50. The molecule has 0 atom stereocenters. The summed E-state index contributed by atoms with van der Waals surface area (Å²) in [6, 6.07) is 11.7. The van der Waals surface area contributed by atoms with Crippen LogP contribution in [-0.2, 0) is 0 Å². The topological polar surface area (TPSA) is 41.6 Å². The van der Waals surface area contributed by atoms with Gasteiger partial charge in [-0.05, 0) is 36.8 Å². The number of carbonyl (C=O) groups is 1. The first-order valence-electron chi connectivity index (χ1n) is 6.71. The Morgan fingerprint density at radius 2 is 2.10 bits per heavy atom. The van der Waals surface area contributed by atoms with Gasteiger partial charge < -0.3 is 10.1 Å². The van der Waals surface area contributed by atoms with Gasteiger partial charge in [-0.1, -0.05) is 18.2 Å². The van der Waals surface area contributed by atoms with E-state index in [9.17, 15) is 9.18 Å². The molecule has 0 aliphatic carbocycles. The molecule has 2 aromatic carbocycles. The number of anilines is 2. The Morgan fingerprint density at radius 1 is 1.29 bits per heavy atom. The Bertz CT molecular complexity index is 688. The zero-order valence-electron chi connectivity index (χ0n) is 11.6. The number of hydrogen-bond donors (Lipinski definition) is 1. The van der Waals surface area contributed by atoms with Gasteiger partial charge in [-0.15, -0.1) is 0 Å². The molecule has 1 N–H and O–H groups in total. The van der Waals surface area contributed by atoms with Gasteiger partial charge in [-0.25, -0.2) is 9.18 Å². The highest BCUT2D eigenvalue weighted by Gasteiger charge is 2.23. The second-order valence-corrected chi connectivity index (χ2v) is 4.86. The minimum atomic E-state index is -0.338. The van der Waals surface area contributed by atoms with E-state index in [0.717, 1.165) is 0 Å². The number of carbonyl (C=O) groups excluding carboxylic acids is 1. The number of rotatable bonds is 1.